The summed E-state index contributed by atoms with van der Waals surface area (Å²) in [6.45, 7) is -0.693. The van der Waals surface area contributed by atoms with Crippen LogP contribution in [0.5, 0.6) is 0 Å². The van der Waals surface area contributed by atoms with Gasteiger partial charge < -0.3 is 15.7 Å². The van der Waals surface area contributed by atoms with Crippen LogP contribution in [0.2, 0.25) is 0 Å². The normalized spacial score (nSPS) is 12.5. The first-order valence-electron chi connectivity index (χ1n) is 6.74. The van der Waals surface area contributed by atoms with Gasteiger partial charge in [-0.2, -0.15) is 13.2 Å². The first-order valence-corrected chi connectivity index (χ1v) is 7.62. The number of thiophene rings is 1. The predicted octanol–water partition coefficient (Wildman–Crippen LogP) is 2.50. The summed E-state index contributed by atoms with van der Waals surface area (Å²) < 4.78 is 38.0. The summed E-state index contributed by atoms with van der Waals surface area (Å²) in [5.41, 5.74) is -0.998. The zero-order valence-corrected chi connectivity index (χ0v) is 12.9. The lowest BCUT2D eigenvalue weighted by Gasteiger charge is -2.16. The Morgan fingerprint density at radius 2 is 1.96 bits per heavy atom. The summed E-state index contributed by atoms with van der Waals surface area (Å²) in [4.78, 5) is 24.3. The van der Waals surface area contributed by atoms with Gasteiger partial charge in [-0.15, -0.1) is 11.3 Å². The van der Waals surface area contributed by atoms with Crippen molar-refractivity contribution in [3.63, 3.8) is 0 Å². The lowest BCUT2D eigenvalue weighted by Crippen LogP contribution is -2.46. The Labute approximate surface area is 139 Å². The van der Waals surface area contributed by atoms with Gasteiger partial charge in [0.25, 0.3) is 5.91 Å². The number of nitrogens with one attached hydrogen (secondary N) is 2. The van der Waals surface area contributed by atoms with Crippen LogP contribution in [-0.4, -0.2) is 29.6 Å². The van der Waals surface area contributed by atoms with Gasteiger partial charge in [0.2, 0.25) is 5.91 Å². The third-order valence-corrected chi connectivity index (χ3v) is 3.88. The van der Waals surface area contributed by atoms with E-state index >= 15 is 0 Å². The van der Waals surface area contributed by atoms with Crippen LogP contribution in [0.1, 0.15) is 15.2 Å². The number of anilines is 1. The zero-order valence-electron chi connectivity index (χ0n) is 12.1. The minimum absolute atomic E-state index is 0.0846. The zero-order chi connectivity index (χ0) is 17.7. The average Bonchev–Trinajstić information content (AvgIpc) is 3.06. The number of hydrogen-bond donors (Lipinski definition) is 3. The molecule has 9 heteroatoms. The molecule has 24 heavy (non-hydrogen) atoms. The monoisotopic (exact) mass is 358 g/mol. The van der Waals surface area contributed by atoms with Gasteiger partial charge in [-0.25, -0.2) is 0 Å². The third kappa shape index (κ3) is 4.56. The molecular weight excluding hydrogens is 345 g/mol. The Bertz CT molecular complexity index is 717. The molecule has 2 aromatic rings. The first-order chi connectivity index (χ1) is 11.3. The number of aliphatic hydroxyl groups excluding tert-OH is 1. The Hall–Kier alpha value is -2.39. The summed E-state index contributed by atoms with van der Waals surface area (Å²) in [6.07, 6.45) is -4.54. The number of amides is 2. The molecular formula is C15H13F3N2O3S. The topological polar surface area (TPSA) is 78.4 Å². The quantitative estimate of drug-likeness (QED) is 0.768. The van der Waals surface area contributed by atoms with E-state index in [1.54, 1.807) is 17.5 Å². The van der Waals surface area contributed by atoms with Crippen molar-refractivity contribution in [3.05, 3.63) is 52.2 Å². The Morgan fingerprint density at radius 3 is 2.54 bits per heavy atom. The fraction of sp³-hybridized carbons (Fsp3) is 0.200. The minimum atomic E-state index is -4.54. The van der Waals surface area contributed by atoms with Gasteiger partial charge in [0, 0.05) is 5.69 Å². The van der Waals surface area contributed by atoms with E-state index in [0.29, 0.717) is 4.88 Å². The molecule has 0 aliphatic carbocycles. The number of rotatable bonds is 5. The number of benzene rings is 1. The number of alkyl halides is 3. The van der Waals surface area contributed by atoms with Crippen molar-refractivity contribution in [1.82, 2.24) is 5.32 Å². The van der Waals surface area contributed by atoms with Gasteiger partial charge in [0.05, 0.1) is 17.0 Å². The predicted molar refractivity (Wildman–Crippen MR) is 82.7 cm³/mol. The van der Waals surface area contributed by atoms with Crippen molar-refractivity contribution >= 4 is 28.8 Å². The van der Waals surface area contributed by atoms with Crippen molar-refractivity contribution < 1.29 is 27.9 Å². The Kier molecular flexibility index (Phi) is 5.58. The van der Waals surface area contributed by atoms with Crippen molar-refractivity contribution in [3.8, 4) is 0 Å². The van der Waals surface area contributed by atoms with Gasteiger partial charge >= 0.3 is 6.18 Å². The van der Waals surface area contributed by atoms with Gasteiger partial charge in [0.15, 0.2) is 0 Å². The van der Waals surface area contributed by atoms with E-state index in [2.05, 4.69) is 10.6 Å². The van der Waals surface area contributed by atoms with Crippen LogP contribution in [0.25, 0.3) is 0 Å². The Morgan fingerprint density at radius 1 is 1.21 bits per heavy atom. The van der Waals surface area contributed by atoms with Gasteiger partial charge in [0.1, 0.15) is 6.04 Å². The smallest absolute Gasteiger partial charge is 0.394 e. The highest BCUT2D eigenvalue weighted by atomic mass is 32.1. The molecule has 1 heterocycles. The van der Waals surface area contributed by atoms with Gasteiger partial charge in [-0.3, -0.25) is 9.59 Å². The maximum absolute atomic E-state index is 12.7. The standard InChI is InChI=1S/C15H13F3N2O3S/c16-15(17,18)9-3-1-4-10(7-9)19-13(22)11(8-21)20-14(23)12-5-2-6-24-12/h1-7,11,21H,8H2,(H,19,22)(H,20,23)/t11-/m0/s1. The molecule has 0 saturated heterocycles. The summed E-state index contributed by atoms with van der Waals surface area (Å²) in [7, 11) is 0. The lowest BCUT2D eigenvalue weighted by atomic mass is 10.2. The fourth-order valence-electron chi connectivity index (χ4n) is 1.83. The van der Waals surface area contributed by atoms with E-state index in [1.807, 2.05) is 0 Å². The summed E-state index contributed by atoms with van der Waals surface area (Å²) in [6, 6.07) is 5.98. The van der Waals surface area contributed by atoms with Crippen LogP contribution in [0.15, 0.2) is 41.8 Å². The molecule has 0 saturated carbocycles. The number of aliphatic hydroxyl groups is 1. The first kappa shape index (κ1) is 18.0. The molecule has 1 aromatic carbocycles. The average molecular weight is 358 g/mol. The second-order valence-corrected chi connectivity index (χ2v) is 5.70. The summed E-state index contributed by atoms with van der Waals surface area (Å²) >= 11 is 1.15. The van der Waals surface area contributed by atoms with Gasteiger partial charge in [-0.05, 0) is 29.6 Å². The number of carbonyl (C=O) groups excluding carboxylic acids is 2. The largest absolute Gasteiger partial charge is 0.416 e. The van der Waals surface area contributed by atoms with Crippen LogP contribution >= 0.6 is 11.3 Å². The minimum Gasteiger partial charge on any atom is -0.394 e. The second-order valence-electron chi connectivity index (χ2n) is 4.75. The van der Waals surface area contributed by atoms with Crippen molar-refractivity contribution in [2.24, 2.45) is 0 Å². The number of hydrogen-bond acceptors (Lipinski definition) is 4. The summed E-state index contributed by atoms with van der Waals surface area (Å²) in [5, 5.41) is 15.5. The molecule has 1 aromatic heterocycles. The molecule has 0 unspecified atom stereocenters. The molecule has 2 amide bonds. The molecule has 0 aliphatic rings. The third-order valence-electron chi connectivity index (χ3n) is 3.01. The molecule has 1 atom stereocenters. The summed E-state index contributed by atoms with van der Waals surface area (Å²) in [5.74, 6) is -1.37. The maximum atomic E-state index is 12.7. The van der Waals surface area contributed by atoms with Crippen molar-refractivity contribution in [2.75, 3.05) is 11.9 Å². The van der Waals surface area contributed by atoms with E-state index in [0.717, 1.165) is 29.5 Å². The number of carbonyl (C=O) groups is 2. The van der Waals surface area contributed by atoms with Gasteiger partial charge in [-0.1, -0.05) is 12.1 Å². The molecule has 0 aliphatic heterocycles. The Balaban J connectivity index is 2.05. The van der Waals surface area contributed by atoms with Crippen molar-refractivity contribution in [1.29, 1.82) is 0 Å². The van der Waals surface area contributed by atoms with E-state index in [9.17, 15) is 27.9 Å². The van der Waals surface area contributed by atoms with Crippen LogP contribution in [-0.2, 0) is 11.0 Å². The van der Waals surface area contributed by atoms with Crippen LogP contribution in [0, 0.1) is 0 Å². The molecule has 0 fully saturated rings. The highest BCUT2D eigenvalue weighted by molar-refractivity contribution is 7.12. The highest BCUT2D eigenvalue weighted by Crippen LogP contribution is 2.30. The molecule has 0 radical (unpaired) electrons. The second kappa shape index (κ2) is 7.45. The maximum Gasteiger partial charge on any atom is 0.416 e. The van der Waals surface area contributed by atoms with E-state index in [4.69, 9.17) is 0 Å². The van der Waals surface area contributed by atoms with Crippen LogP contribution in [0.3, 0.4) is 0 Å². The van der Waals surface area contributed by atoms with E-state index in [-0.39, 0.29) is 5.69 Å². The highest BCUT2D eigenvalue weighted by Gasteiger charge is 2.30. The van der Waals surface area contributed by atoms with E-state index < -0.39 is 36.2 Å². The molecule has 3 N–H and O–H groups in total. The van der Waals surface area contributed by atoms with E-state index in [1.165, 1.54) is 6.07 Å². The van der Waals surface area contributed by atoms with Crippen molar-refractivity contribution in [2.45, 2.75) is 12.2 Å². The molecule has 0 spiro atoms. The fourth-order valence-corrected chi connectivity index (χ4v) is 2.46. The molecule has 0 bridgehead atoms. The molecule has 2 rings (SSSR count). The van der Waals surface area contributed by atoms with Crippen LogP contribution in [0.4, 0.5) is 18.9 Å². The molecule has 128 valence electrons. The SMILES string of the molecule is O=C(N[C@@H](CO)C(=O)Nc1cccc(C(F)(F)F)c1)c1cccs1. The van der Waals surface area contributed by atoms with Crippen LogP contribution < -0.4 is 10.6 Å². The molecule has 5 nitrogen and oxygen atoms in total. The lowest BCUT2D eigenvalue weighted by molar-refractivity contribution is -0.137. The number of halogens is 3.